The normalized spacial score (nSPS) is 11.5. The molecule has 5 rings (SSSR count). The molecule has 0 aliphatic carbocycles. The monoisotopic (exact) mass is 535 g/mol. The summed E-state index contributed by atoms with van der Waals surface area (Å²) >= 11 is 0. The van der Waals surface area contributed by atoms with Crippen LogP contribution in [0.1, 0.15) is 6.92 Å². The molecule has 4 N–H and O–H groups in total. The summed E-state index contributed by atoms with van der Waals surface area (Å²) in [6.07, 6.45) is 1.58. The highest BCUT2D eigenvalue weighted by atomic mass is 19.1. The van der Waals surface area contributed by atoms with E-state index in [0.29, 0.717) is 28.2 Å². The van der Waals surface area contributed by atoms with Gasteiger partial charge < -0.3 is 25.7 Å². The quantitative estimate of drug-likeness (QED) is 0.107. The molecule has 0 radical (unpaired) electrons. The van der Waals surface area contributed by atoms with E-state index in [-0.39, 0.29) is 17.0 Å². The molecule has 200 valence electrons. The molecular weight excluding hydrogens is 509 g/mol. The number of carbonyl (C=O) groups excluding carboxylic acids is 2. The minimum Gasteiger partial charge on any atom is -0.453 e. The van der Waals surface area contributed by atoms with Gasteiger partial charge in [-0.2, -0.15) is 0 Å². The van der Waals surface area contributed by atoms with Crippen molar-refractivity contribution in [2.75, 3.05) is 17.7 Å². The van der Waals surface area contributed by atoms with Crippen LogP contribution in [0.25, 0.3) is 22.3 Å². The zero-order chi connectivity index (χ0) is 28.1. The van der Waals surface area contributed by atoms with Crippen LogP contribution in [-0.2, 0) is 9.59 Å². The number of anilines is 2. The third-order valence-electron chi connectivity index (χ3n) is 6.22. The first kappa shape index (κ1) is 26.2. The third kappa shape index (κ3) is 5.68. The zero-order valence-corrected chi connectivity index (χ0v) is 21.8. The van der Waals surface area contributed by atoms with Crippen LogP contribution in [-0.4, -0.2) is 28.8 Å². The molecule has 9 heteroatoms. The summed E-state index contributed by atoms with van der Waals surface area (Å²) in [5.41, 5.74) is 3.37. The second-order valence-corrected chi connectivity index (χ2v) is 8.89. The van der Waals surface area contributed by atoms with Crippen LogP contribution >= 0.6 is 0 Å². The molecule has 5 aromatic rings. The summed E-state index contributed by atoms with van der Waals surface area (Å²) in [7, 11) is 1.60. The molecule has 0 spiro atoms. The molecule has 0 aliphatic heterocycles. The fourth-order valence-electron chi connectivity index (χ4n) is 4.12. The Bertz CT molecular complexity index is 1720. The smallest absolute Gasteiger partial charge is 0.263 e. The number of pyridine rings is 1. The number of carbonyl (C=O) groups is 2. The van der Waals surface area contributed by atoms with Gasteiger partial charge in [-0.3, -0.25) is 9.59 Å². The van der Waals surface area contributed by atoms with Gasteiger partial charge in [-0.05, 0) is 48.9 Å². The SMILES string of the molecule is CN/C(C)=C(\C(=O)Nc1ccccc1)C(=O)Nc1ccc(Oc2ccnc3[nH]c(-c4ccccc4)cc23)c(F)c1. The van der Waals surface area contributed by atoms with Gasteiger partial charge in [0.1, 0.15) is 17.0 Å². The molecule has 8 nitrogen and oxygen atoms in total. The van der Waals surface area contributed by atoms with Crippen molar-refractivity contribution in [2.45, 2.75) is 6.92 Å². The van der Waals surface area contributed by atoms with Crippen molar-refractivity contribution >= 4 is 34.2 Å². The number of hydrogen-bond acceptors (Lipinski definition) is 5. The van der Waals surface area contributed by atoms with E-state index in [1.165, 1.54) is 12.1 Å². The number of amides is 2. The highest BCUT2D eigenvalue weighted by Crippen LogP contribution is 2.34. The first-order chi connectivity index (χ1) is 19.4. The number of halogens is 1. The van der Waals surface area contributed by atoms with Gasteiger partial charge >= 0.3 is 0 Å². The number of fused-ring (bicyclic) bond motifs is 1. The second kappa shape index (κ2) is 11.5. The van der Waals surface area contributed by atoms with Gasteiger partial charge in [-0.15, -0.1) is 0 Å². The van der Waals surface area contributed by atoms with E-state index in [9.17, 15) is 9.59 Å². The summed E-state index contributed by atoms with van der Waals surface area (Å²) < 4.78 is 21.0. The molecule has 40 heavy (non-hydrogen) atoms. The van der Waals surface area contributed by atoms with Gasteiger partial charge in [-0.1, -0.05) is 48.5 Å². The number of ether oxygens (including phenoxy) is 1. The summed E-state index contributed by atoms with van der Waals surface area (Å²) in [6, 6.07) is 26.2. The molecule has 0 bridgehead atoms. The molecule has 2 heterocycles. The van der Waals surface area contributed by atoms with Gasteiger partial charge in [-0.25, -0.2) is 9.37 Å². The van der Waals surface area contributed by atoms with Crippen molar-refractivity contribution in [2.24, 2.45) is 0 Å². The lowest BCUT2D eigenvalue weighted by atomic mass is 10.1. The van der Waals surface area contributed by atoms with Crippen molar-refractivity contribution in [3.8, 4) is 22.8 Å². The number of aromatic amines is 1. The summed E-state index contributed by atoms with van der Waals surface area (Å²) in [5, 5.41) is 8.82. The molecule has 0 saturated carbocycles. The van der Waals surface area contributed by atoms with Crippen LogP contribution in [0, 0.1) is 5.82 Å². The van der Waals surface area contributed by atoms with Gasteiger partial charge in [0.15, 0.2) is 11.6 Å². The average Bonchev–Trinajstić information content (AvgIpc) is 3.41. The Morgan fingerprint density at radius 1 is 0.825 bits per heavy atom. The highest BCUT2D eigenvalue weighted by Gasteiger charge is 2.22. The predicted octanol–water partition coefficient (Wildman–Crippen LogP) is 6.23. The van der Waals surface area contributed by atoms with E-state index in [2.05, 4.69) is 25.9 Å². The number of nitrogens with zero attached hydrogens (tertiary/aromatic N) is 1. The topological polar surface area (TPSA) is 108 Å². The van der Waals surface area contributed by atoms with E-state index in [4.69, 9.17) is 4.74 Å². The van der Waals surface area contributed by atoms with Crippen LogP contribution in [0.2, 0.25) is 0 Å². The van der Waals surface area contributed by atoms with Crippen LogP contribution in [0.15, 0.2) is 108 Å². The molecule has 0 fully saturated rings. The number of H-pyrrole nitrogens is 1. The Kier molecular flexibility index (Phi) is 7.54. The van der Waals surface area contributed by atoms with E-state index < -0.39 is 17.6 Å². The lowest BCUT2D eigenvalue weighted by molar-refractivity contribution is -0.118. The van der Waals surface area contributed by atoms with Crippen LogP contribution in [0.4, 0.5) is 15.8 Å². The van der Waals surface area contributed by atoms with E-state index in [1.54, 1.807) is 50.5 Å². The third-order valence-corrected chi connectivity index (χ3v) is 6.22. The maximum atomic E-state index is 15.1. The zero-order valence-electron chi connectivity index (χ0n) is 21.8. The first-order valence-electron chi connectivity index (χ1n) is 12.5. The van der Waals surface area contributed by atoms with Gasteiger partial charge in [0.2, 0.25) is 0 Å². The maximum absolute atomic E-state index is 15.1. The number of para-hydroxylation sites is 1. The summed E-state index contributed by atoms with van der Waals surface area (Å²) in [4.78, 5) is 33.6. The number of hydrogen-bond donors (Lipinski definition) is 4. The number of nitrogens with one attached hydrogen (secondary N) is 4. The molecule has 0 atom stereocenters. The molecule has 0 aliphatic rings. The van der Waals surface area contributed by atoms with E-state index >= 15 is 4.39 Å². The number of benzene rings is 3. The molecule has 2 amide bonds. The predicted molar refractivity (Wildman–Crippen MR) is 153 cm³/mol. The Labute approximate surface area is 229 Å². The van der Waals surface area contributed by atoms with Crippen LogP contribution in [0.5, 0.6) is 11.5 Å². The van der Waals surface area contributed by atoms with Crippen LogP contribution < -0.4 is 20.7 Å². The Hall–Kier alpha value is -5.44. The van der Waals surface area contributed by atoms with Crippen molar-refractivity contribution in [1.82, 2.24) is 15.3 Å². The van der Waals surface area contributed by atoms with Crippen molar-refractivity contribution in [3.63, 3.8) is 0 Å². The standard InChI is InChI=1S/C31H26FN5O3/c1-19(33-2)28(30(38)35-21-11-7-4-8-12-21)31(39)36-22-13-14-27(24(32)17-22)40-26-15-16-34-29-23(26)18-25(37-29)20-9-5-3-6-10-20/h3-18,33H,1-2H3,(H,34,37)(H,35,38)(H,36,39)/b28-19+. The Morgan fingerprint density at radius 2 is 1.50 bits per heavy atom. The maximum Gasteiger partial charge on any atom is 0.263 e. The lowest BCUT2D eigenvalue weighted by Crippen LogP contribution is -2.29. The van der Waals surface area contributed by atoms with Gasteiger partial charge in [0.05, 0.1) is 5.39 Å². The largest absolute Gasteiger partial charge is 0.453 e. The number of rotatable bonds is 8. The fourth-order valence-corrected chi connectivity index (χ4v) is 4.12. The van der Waals surface area contributed by atoms with Gasteiger partial charge in [0.25, 0.3) is 11.8 Å². The minimum atomic E-state index is -0.690. The average molecular weight is 536 g/mol. The highest BCUT2D eigenvalue weighted by molar-refractivity contribution is 6.26. The van der Waals surface area contributed by atoms with Crippen molar-refractivity contribution < 1.29 is 18.7 Å². The van der Waals surface area contributed by atoms with E-state index in [0.717, 1.165) is 17.3 Å². The van der Waals surface area contributed by atoms with Crippen LogP contribution in [0.3, 0.4) is 0 Å². The molecule has 0 saturated heterocycles. The molecule has 3 aromatic carbocycles. The molecule has 2 aromatic heterocycles. The summed E-state index contributed by atoms with van der Waals surface area (Å²) in [6.45, 7) is 1.61. The molecule has 0 unspecified atom stereocenters. The minimum absolute atomic E-state index is 0.0306. The molecular formula is C31H26FN5O3. The number of aromatic nitrogens is 2. The summed E-state index contributed by atoms with van der Waals surface area (Å²) in [5.74, 6) is -1.58. The second-order valence-electron chi connectivity index (χ2n) is 8.89. The van der Waals surface area contributed by atoms with Crippen molar-refractivity contribution in [1.29, 1.82) is 0 Å². The fraction of sp³-hybridized carbons (Fsp3) is 0.0645. The Morgan fingerprint density at radius 3 is 2.17 bits per heavy atom. The van der Waals surface area contributed by atoms with Crippen molar-refractivity contribution in [3.05, 3.63) is 114 Å². The Balaban J connectivity index is 1.34. The number of allylic oxidation sites excluding steroid dienone is 1. The lowest BCUT2D eigenvalue weighted by Gasteiger charge is -2.14. The first-order valence-corrected chi connectivity index (χ1v) is 12.5. The van der Waals surface area contributed by atoms with E-state index in [1.807, 2.05) is 42.5 Å². The van der Waals surface area contributed by atoms with Gasteiger partial charge in [0, 0.05) is 42.1 Å².